The van der Waals surface area contributed by atoms with Gasteiger partial charge in [0.25, 0.3) is 5.91 Å². The van der Waals surface area contributed by atoms with Crippen molar-refractivity contribution in [3.63, 3.8) is 0 Å². The van der Waals surface area contributed by atoms with Gasteiger partial charge in [-0.25, -0.2) is 17.5 Å². The highest BCUT2D eigenvalue weighted by molar-refractivity contribution is 7.88. The van der Waals surface area contributed by atoms with E-state index in [0.717, 1.165) is 6.26 Å². The van der Waals surface area contributed by atoms with Crippen LogP contribution in [-0.2, 0) is 21.4 Å². The lowest BCUT2D eigenvalue weighted by atomic mass is 9.99. The number of aromatic nitrogens is 1. The molecule has 7 nitrogen and oxygen atoms in total. The van der Waals surface area contributed by atoms with E-state index in [1.54, 1.807) is 30.5 Å². The van der Waals surface area contributed by atoms with Crippen LogP contribution in [0.25, 0.3) is 11.1 Å². The summed E-state index contributed by atoms with van der Waals surface area (Å²) < 4.78 is 63.7. The largest absolute Gasteiger partial charge is 0.386 e. The Morgan fingerprint density at radius 1 is 1.17 bits per heavy atom. The number of hydrogen-bond donors (Lipinski definition) is 3. The fourth-order valence-corrected chi connectivity index (χ4v) is 2.92. The quantitative estimate of drug-likeness (QED) is 0.547. The van der Waals surface area contributed by atoms with E-state index in [-0.39, 0.29) is 12.1 Å². The molecule has 2 aromatic rings. The van der Waals surface area contributed by atoms with Crippen LogP contribution in [0.3, 0.4) is 0 Å². The topological polar surface area (TPSA) is 108 Å². The molecular formula is C19H22F3N3O4S. The first kappa shape index (κ1) is 23.8. The predicted molar refractivity (Wildman–Crippen MR) is 105 cm³/mol. The van der Waals surface area contributed by atoms with Gasteiger partial charge < -0.3 is 10.4 Å². The Labute approximate surface area is 172 Å². The van der Waals surface area contributed by atoms with E-state index < -0.39 is 40.7 Å². The van der Waals surface area contributed by atoms with Crippen molar-refractivity contribution >= 4 is 15.9 Å². The average Bonchev–Trinajstić information content (AvgIpc) is 2.69. The van der Waals surface area contributed by atoms with Crippen LogP contribution in [0.2, 0.25) is 0 Å². The summed E-state index contributed by atoms with van der Waals surface area (Å²) in [6.07, 6.45) is 1.07. The molecule has 3 N–H and O–H groups in total. The molecule has 11 heteroatoms. The standard InChI is InChI=1S/C19H22F3N3O4S/c1-19(21,22)18(27)25-16(9-20)17(26)13-5-3-12(4-6-13)14-7-8-15(23-10-14)11-24-30(2,28)29/h3-8,10,16-17,24,26H,9,11H2,1-2H3,(H,25,27)/t16-,17+/m1/s1. The van der Waals surface area contributed by atoms with Crippen LogP contribution < -0.4 is 10.0 Å². The fraction of sp³-hybridized carbons (Fsp3) is 0.368. The molecule has 2 atom stereocenters. The molecule has 1 aromatic heterocycles. The minimum absolute atomic E-state index is 0.0530. The van der Waals surface area contributed by atoms with Crippen LogP contribution in [0, 0.1) is 0 Å². The Balaban J connectivity index is 2.09. The molecule has 0 aliphatic carbocycles. The van der Waals surface area contributed by atoms with Gasteiger partial charge in [-0.1, -0.05) is 30.3 Å². The predicted octanol–water partition coefficient (Wildman–Crippen LogP) is 1.94. The number of rotatable bonds is 9. The van der Waals surface area contributed by atoms with Crippen LogP contribution in [0.1, 0.15) is 24.3 Å². The number of aliphatic hydroxyl groups excluding tert-OH is 1. The third-order valence-corrected chi connectivity index (χ3v) is 4.86. The van der Waals surface area contributed by atoms with Gasteiger partial charge in [0.05, 0.1) is 24.5 Å². The molecule has 0 aliphatic heterocycles. The number of nitrogens with one attached hydrogen (secondary N) is 2. The molecule has 1 aromatic carbocycles. The lowest BCUT2D eigenvalue weighted by molar-refractivity contribution is -0.145. The summed E-state index contributed by atoms with van der Waals surface area (Å²) in [6.45, 7) is -0.787. The molecule has 1 amide bonds. The van der Waals surface area contributed by atoms with E-state index >= 15 is 0 Å². The second-order valence-electron chi connectivity index (χ2n) is 6.82. The van der Waals surface area contributed by atoms with Crippen molar-refractivity contribution in [1.29, 1.82) is 0 Å². The third kappa shape index (κ3) is 6.78. The SMILES string of the molecule is CC(F)(F)C(=O)N[C@H](CF)[C@@H](O)c1ccc(-c2ccc(CNS(C)(=O)=O)nc2)cc1. The fourth-order valence-electron chi connectivity index (χ4n) is 2.51. The number of alkyl halides is 3. The summed E-state index contributed by atoms with van der Waals surface area (Å²) in [5.41, 5.74) is 2.18. The Kier molecular flexibility index (Phi) is 7.56. The van der Waals surface area contributed by atoms with Crippen LogP contribution in [0.15, 0.2) is 42.6 Å². The summed E-state index contributed by atoms with van der Waals surface area (Å²) in [6, 6.07) is 8.07. The average molecular weight is 445 g/mol. The highest BCUT2D eigenvalue weighted by atomic mass is 32.2. The van der Waals surface area contributed by atoms with Crippen LogP contribution in [0.4, 0.5) is 13.2 Å². The minimum atomic E-state index is -3.69. The number of benzene rings is 1. The lowest BCUT2D eigenvalue weighted by Gasteiger charge is -2.23. The van der Waals surface area contributed by atoms with Crippen molar-refractivity contribution in [3.05, 3.63) is 53.9 Å². The molecule has 0 saturated heterocycles. The molecule has 0 bridgehead atoms. The summed E-state index contributed by atoms with van der Waals surface area (Å²) in [5.74, 6) is -5.36. The molecule has 1 heterocycles. The van der Waals surface area contributed by atoms with Gasteiger partial charge in [0.2, 0.25) is 10.0 Å². The van der Waals surface area contributed by atoms with E-state index in [4.69, 9.17) is 0 Å². The molecule has 0 saturated carbocycles. The molecule has 0 unspecified atom stereocenters. The maximum atomic E-state index is 13.2. The van der Waals surface area contributed by atoms with Crippen molar-refractivity contribution in [2.75, 3.05) is 12.9 Å². The van der Waals surface area contributed by atoms with Gasteiger partial charge in [-0.15, -0.1) is 0 Å². The normalized spacial score (nSPS) is 14.2. The van der Waals surface area contributed by atoms with Gasteiger partial charge in [0, 0.05) is 18.7 Å². The number of carbonyl (C=O) groups excluding carboxylic acids is 1. The van der Waals surface area contributed by atoms with Gasteiger partial charge in [-0.05, 0) is 17.2 Å². The van der Waals surface area contributed by atoms with Gasteiger partial charge in [-0.2, -0.15) is 8.78 Å². The summed E-state index contributed by atoms with van der Waals surface area (Å²) in [7, 11) is -3.33. The van der Waals surface area contributed by atoms with Crippen LogP contribution >= 0.6 is 0 Å². The number of pyridine rings is 1. The van der Waals surface area contributed by atoms with E-state index in [9.17, 15) is 31.5 Å². The number of carbonyl (C=O) groups is 1. The number of aliphatic hydroxyl groups is 1. The smallest absolute Gasteiger partial charge is 0.321 e. The van der Waals surface area contributed by atoms with Gasteiger partial charge in [0.1, 0.15) is 12.8 Å². The van der Waals surface area contributed by atoms with E-state index in [0.29, 0.717) is 23.7 Å². The zero-order valence-corrected chi connectivity index (χ0v) is 17.1. The van der Waals surface area contributed by atoms with Crippen LogP contribution in [0.5, 0.6) is 0 Å². The second kappa shape index (κ2) is 9.54. The first-order valence-corrected chi connectivity index (χ1v) is 10.7. The Bertz CT molecular complexity index is 962. The molecule has 2 rings (SSSR count). The maximum absolute atomic E-state index is 13.2. The summed E-state index contributed by atoms with van der Waals surface area (Å²) in [5, 5.41) is 12.1. The van der Waals surface area contributed by atoms with E-state index in [1.807, 2.05) is 5.32 Å². The van der Waals surface area contributed by atoms with Gasteiger partial charge in [-0.3, -0.25) is 9.78 Å². The lowest BCUT2D eigenvalue weighted by Crippen LogP contribution is -2.47. The second-order valence-corrected chi connectivity index (χ2v) is 8.65. The highest BCUT2D eigenvalue weighted by Crippen LogP contribution is 2.24. The first-order valence-electron chi connectivity index (χ1n) is 8.83. The first-order chi connectivity index (χ1) is 13.9. The summed E-state index contributed by atoms with van der Waals surface area (Å²) in [4.78, 5) is 15.5. The Morgan fingerprint density at radius 2 is 1.77 bits per heavy atom. The number of amides is 1. The molecule has 164 valence electrons. The van der Waals surface area contributed by atoms with E-state index in [1.165, 1.54) is 12.1 Å². The molecule has 0 spiro atoms. The van der Waals surface area contributed by atoms with Crippen molar-refractivity contribution in [2.24, 2.45) is 0 Å². The maximum Gasteiger partial charge on any atom is 0.321 e. The van der Waals surface area contributed by atoms with Gasteiger partial charge in [0.15, 0.2) is 0 Å². The van der Waals surface area contributed by atoms with Crippen molar-refractivity contribution in [2.45, 2.75) is 31.5 Å². The molecular weight excluding hydrogens is 423 g/mol. The third-order valence-electron chi connectivity index (χ3n) is 4.19. The molecule has 30 heavy (non-hydrogen) atoms. The number of halogens is 3. The Morgan fingerprint density at radius 3 is 2.23 bits per heavy atom. The zero-order chi connectivity index (χ0) is 22.5. The number of nitrogens with zero attached hydrogens (tertiary/aromatic N) is 1. The number of sulfonamides is 1. The number of hydrogen-bond acceptors (Lipinski definition) is 5. The van der Waals surface area contributed by atoms with Gasteiger partial charge >= 0.3 is 5.92 Å². The van der Waals surface area contributed by atoms with Crippen molar-refractivity contribution in [1.82, 2.24) is 15.0 Å². The monoisotopic (exact) mass is 445 g/mol. The van der Waals surface area contributed by atoms with Crippen LogP contribution in [-0.4, -0.2) is 49.3 Å². The Hall–Kier alpha value is -2.50. The minimum Gasteiger partial charge on any atom is -0.386 e. The summed E-state index contributed by atoms with van der Waals surface area (Å²) >= 11 is 0. The van der Waals surface area contributed by atoms with Crippen molar-refractivity contribution < 1.29 is 31.5 Å². The van der Waals surface area contributed by atoms with E-state index in [2.05, 4.69) is 9.71 Å². The molecule has 0 radical (unpaired) electrons. The molecule has 0 fully saturated rings. The zero-order valence-electron chi connectivity index (χ0n) is 16.3. The highest BCUT2D eigenvalue weighted by Gasteiger charge is 2.35. The van der Waals surface area contributed by atoms with Crippen molar-refractivity contribution in [3.8, 4) is 11.1 Å². The molecule has 0 aliphatic rings.